The van der Waals surface area contributed by atoms with Gasteiger partial charge >= 0.3 is 0 Å². The molecular weight excluding hydrogens is 370 g/mol. The third-order valence-corrected chi connectivity index (χ3v) is 5.08. The maximum Gasteiger partial charge on any atom is 0.220 e. The van der Waals surface area contributed by atoms with Crippen LogP contribution in [0.4, 0.5) is 5.95 Å². The number of rotatable bonds is 5. The summed E-state index contributed by atoms with van der Waals surface area (Å²) in [4.78, 5) is 17.2. The van der Waals surface area contributed by atoms with E-state index < -0.39 is 5.41 Å². The second-order valence-corrected chi connectivity index (χ2v) is 6.92. The van der Waals surface area contributed by atoms with Crippen molar-refractivity contribution in [1.82, 2.24) is 19.9 Å². The summed E-state index contributed by atoms with van der Waals surface area (Å²) < 4.78 is 0. The highest BCUT2D eigenvalue weighted by molar-refractivity contribution is 6.30. The minimum atomic E-state index is -0.562. The Kier molecular flexibility index (Phi) is 5.00. The fourth-order valence-corrected chi connectivity index (χ4v) is 3.68. The van der Waals surface area contributed by atoms with Crippen LogP contribution in [0.2, 0.25) is 5.02 Å². The fourth-order valence-electron chi connectivity index (χ4n) is 3.55. The lowest BCUT2D eigenvalue weighted by Crippen LogP contribution is -2.33. The first-order chi connectivity index (χ1) is 13.7. The average molecular weight is 388 g/mol. The van der Waals surface area contributed by atoms with Crippen LogP contribution in [0.15, 0.2) is 85.6 Å². The van der Waals surface area contributed by atoms with Gasteiger partial charge in [0.2, 0.25) is 5.95 Å². The molecule has 3 heterocycles. The maximum atomic E-state index is 6.17. The Hall–Kier alpha value is -3.31. The quantitative estimate of drug-likeness (QED) is 0.558. The molecule has 2 N–H and O–H groups in total. The summed E-state index contributed by atoms with van der Waals surface area (Å²) in [6.45, 7) is 0. The van der Waals surface area contributed by atoms with E-state index in [2.05, 4.69) is 32.1 Å². The molecule has 0 fully saturated rings. The molecule has 0 atom stereocenters. The second-order valence-electron chi connectivity index (χ2n) is 6.48. The monoisotopic (exact) mass is 387 g/mol. The molecule has 1 aromatic carbocycles. The Morgan fingerprint density at radius 2 is 1.43 bits per heavy atom. The van der Waals surface area contributed by atoms with Gasteiger partial charge < -0.3 is 5.73 Å². The Labute approximate surface area is 168 Å². The summed E-state index contributed by atoms with van der Waals surface area (Å²) in [5.74, 6) is 0.250. The maximum absolute atomic E-state index is 6.17. The number of benzene rings is 1. The van der Waals surface area contributed by atoms with Gasteiger partial charge in [0.15, 0.2) is 0 Å². The first kappa shape index (κ1) is 18.1. The van der Waals surface area contributed by atoms with E-state index in [1.807, 2.05) is 54.9 Å². The first-order valence-corrected chi connectivity index (χ1v) is 9.21. The van der Waals surface area contributed by atoms with Crippen molar-refractivity contribution >= 4 is 17.5 Å². The smallest absolute Gasteiger partial charge is 0.220 e. The molecule has 4 aromatic rings. The van der Waals surface area contributed by atoms with Crippen molar-refractivity contribution in [2.45, 2.75) is 11.8 Å². The third kappa shape index (κ3) is 3.44. The number of halogens is 1. The van der Waals surface area contributed by atoms with Gasteiger partial charge in [-0.25, -0.2) is 9.97 Å². The van der Waals surface area contributed by atoms with E-state index in [1.165, 1.54) is 0 Å². The molecule has 0 aliphatic heterocycles. The van der Waals surface area contributed by atoms with Crippen LogP contribution >= 0.6 is 11.6 Å². The van der Waals surface area contributed by atoms with Crippen molar-refractivity contribution in [3.8, 4) is 0 Å². The lowest BCUT2D eigenvalue weighted by Gasteiger charge is -2.35. The number of anilines is 1. The Balaban J connectivity index is 2.00. The summed E-state index contributed by atoms with van der Waals surface area (Å²) in [6.07, 6.45) is 9.54. The van der Waals surface area contributed by atoms with E-state index in [1.54, 1.807) is 18.6 Å². The molecule has 0 aliphatic carbocycles. The van der Waals surface area contributed by atoms with E-state index >= 15 is 0 Å². The SMILES string of the molecule is Nc1nccc(CC(c2ccc(Cl)cc2)(c2cccnc2)c2cccnc2)n1. The normalized spacial score (nSPS) is 11.3. The molecule has 0 amide bonds. The summed E-state index contributed by atoms with van der Waals surface area (Å²) >= 11 is 6.17. The predicted molar refractivity (Wildman–Crippen MR) is 110 cm³/mol. The number of hydrogen-bond donors (Lipinski definition) is 1. The summed E-state index contributed by atoms with van der Waals surface area (Å²) in [5.41, 5.74) is 9.24. The number of hydrogen-bond acceptors (Lipinski definition) is 5. The first-order valence-electron chi connectivity index (χ1n) is 8.83. The molecule has 4 rings (SSSR count). The number of nitrogen functional groups attached to an aromatic ring is 1. The molecule has 28 heavy (non-hydrogen) atoms. The summed E-state index contributed by atoms with van der Waals surface area (Å²) in [6, 6.07) is 17.8. The van der Waals surface area contributed by atoms with Gasteiger partial charge in [0, 0.05) is 48.1 Å². The van der Waals surface area contributed by atoms with E-state index in [4.69, 9.17) is 17.3 Å². The zero-order valence-corrected chi connectivity index (χ0v) is 15.8. The van der Waals surface area contributed by atoms with E-state index in [0.717, 1.165) is 22.4 Å². The van der Waals surface area contributed by atoms with Gasteiger partial charge in [-0.2, -0.15) is 0 Å². The van der Waals surface area contributed by atoms with Gasteiger partial charge in [0.25, 0.3) is 0 Å². The molecule has 0 spiro atoms. The fraction of sp³-hybridized carbons (Fsp3) is 0.0909. The van der Waals surface area contributed by atoms with Crippen molar-refractivity contribution in [1.29, 1.82) is 0 Å². The molecule has 138 valence electrons. The zero-order valence-electron chi connectivity index (χ0n) is 15.0. The minimum Gasteiger partial charge on any atom is -0.368 e. The molecule has 3 aromatic heterocycles. The van der Waals surface area contributed by atoms with Crippen LogP contribution in [0.5, 0.6) is 0 Å². The molecule has 5 nitrogen and oxygen atoms in total. The molecular formula is C22H18ClN5. The molecule has 0 radical (unpaired) electrons. The van der Waals surface area contributed by atoms with Crippen molar-refractivity contribution in [2.24, 2.45) is 0 Å². The van der Waals surface area contributed by atoms with Gasteiger partial charge in [0.05, 0.1) is 5.41 Å². The molecule has 0 saturated heterocycles. The predicted octanol–water partition coefficient (Wildman–Crippen LogP) is 4.08. The largest absolute Gasteiger partial charge is 0.368 e. The minimum absolute atomic E-state index is 0.250. The number of pyridine rings is 2. The van der Waals surface area contributed by atoms with Crippen molar-refractivity contribution < 1.29 is 0 Å². The highest BCUT2D eigenvalue weighted by Gasteiger charge is 2.37. The topological polar surface area (TPSA) is 77.6 Å². The average Bonchev–Trinajstić information content (AvgIpc) is 2.74. The Bertz CT molecular complexity index is 1010. The van der Waals surface area contributed by atoms with Crippen LogP contribution < -0.4 is 5.73 Å². The van der Waals surface area contributed by atoms with E-state index in [-0.39, 0.29) is 5.95 Å². The Morgan fingerprint density at radius 1 is 0.786 bits per heavy atom. The van der Waals surface area contributed by atoms with Crippen LogP contribution in [0.1, 0.15) is 22.4 Å². The number of aromatic nitrogens is 4. The van der Waals surface area contributed by atoms with Crippen LogP contribution in [-0.2, 0) is 11.8 Å². The van der Waals surface area contributed by atoms with Gasteiger partial charge in [-0.1, -0.05) is 35.9 Å². The van der Waals surface area contributed by atoms with Gasteiger partial charge in [-0.3, -0.25) is 9.97 Å². The van der Waals surface area contributed by atoms with Crippen LogP contribution in [0.25, 0.3) is 0 Å². The molecule has 0 saturated carbocycles. The zero-order chi connectivity index (χ0) is 19.4. The lowest BCUT2D eigenvalue weighted by atomic mass is 9.67. The number of nitrogens with zero attached hydrogens (tertiary/aromatic N) is 4. The molecule has 6 heteroatoms. The number of nitrogens with two attached hydrogens (primary N) is 1. The van der Waals surface area contributed by atoms with Crippen molar-refractivity contribution in [2.75, 3.05) is 5.73 Å². The molecule has 0 bridgehead atoms. The highest BCUT2D eigenvalue weighted by atomic mass is 35.5. The van der Waals surface area contributed by atoms with E-state index in [9.17, 15) is 0 Å². The Morgan fingerprint density at radius 3 is 1.96 bits per heavy atom. The highest BCUT2D eigenvalue weighted by Crippen LogP contribution is 2.41. The van der Waals surface area contributed by atoms with Crippen molar-refractivity contribution in [3.05, 3.63) is 113 Å². The molecule has 0 unspecified atom stereocenters. The summed E-state index contributed by atoms with van der Waals surface area (Å²) in [7, 11) is 0. The van der Waals surface area contributed by atoms with Crippen LogP contribution in [0.3, 0.4) is 0 Å². The third-order valence-electron chi connectivity index (χ3n) is 4.82. The van der Waals surface area contributed by atoms with Gasteiger partial charge in [0.1, 0.15) is 0 Å². The van der Waals surface area contributed by atoms with Gasteiger partial charge in [-0.15, -0.1) is 0 Å². The lowest BCUT2D eigenvalue weighted by molar-refractivity contribution is 0.597. The van der Waals surface area contributed by atoms with Crippen LogP contribution in [-0.4, -0.2) is 19.9 Å². The van der Waals surface area contributed by atoms with Crippen LogP contribution in [0, 0.1) is 0 Å². The van der Waals surface area contributed by atoms with Gasteiger partial charge in [-0.05, 0) is 47.0 Å². The standard InChI is InChI=1S/C22H18ClN5/c23-19-7-5-16(6-8-19)22(17-3-1-10-25-14-17,18-4-2-11-26-15-18)13-20-9-12-27-21(24)28-20/h1-12,14-15H,13H2,(H2,24,27,28). The molecule has 0 aliphatic rings. The van der Waals surface area contributed by atoms with Crippen molar-refractivity contribution in [3.63, 3.8) is 0 Å². The summed E-state index contributed by atoms with van der Waals surface area (Å²) in [5, 5.41) is 0.682. The van der Waals surface area contributed by atoms with E-state index in [0.29, 0.717) is 11.4 Å². The second kappa shape index (κ2) is 7.74.